The highest BCUT2D eigenvalue weighted by Gasteiger charge is 2.25. The number of rotatable bonds is 8. The second-order valence-electron chi connectivity index (χ2n) is 5.87. The second-order valence-corrected chi connectivity index (χ2v) is 6.79. The summed E-state index contributed by atoms with van der Waals surface area (Å²) < 4.78 is 1.18. The molecule has 112 valence electrons. The van der Waals surface area contributed by atoms with E-state index in [4.69, 9.17) is 0 Å². The molecule has 1 N–H and O–H groups in total. The van der Waals surface area contributed by atoms with Crippen molar-refractivity contribution >= 4 is 21.6 Å². The lowest BCUT2D eigenvalue weighted by Crippen LogP contribution is -2.29. The number of hydrogen-bond donors (Lipinski definition) is 1. The van der Waals surface area contributed by atoms with Crippen molar-refractivity contribution in [2.24, 2.45) is 5.92 Å². The monoisotopic (exact) mass is 338 g/mol. The maximum Gasteiger partial charge on any atom is 0.0426 e. The van der Waals surface area contributed by atoms with Crippen LogP contribution < -0.4 is 10.2 Å². The van der Waals surface area contributed by atoms with Gasteiger partial charge in [0.1, 0.15) is 0 Å². The van der Waals surface area contributed by atoms with Crippen molar-refractivity contribution < 1.29 is 0 Å². The minimum Gasteiger partial charge on any atom is -0.371 e. The summed E-state index contributed by atoms with van der Waals surface area (Å²) in [6.45, 7) is 10.1. The quantitative estimate of drug-likeness (QED) is 0.735. The zero-order chi connectivity index (χ0) is 14.5. The molecular weight excluding hydrogens is 312 g/mol. The number of anilines is 1. The van der Waals surface area contributed by atoms with Gasteiger partial charge in [-0.2, -0.15) is 0 Å². The van der Waals surface area contributed by atoms with Crippen LogP contribution in [-0.2, 0) is 0 Å². The van der Waals surface area contributed by atoms with E-state index in [1.54, 1.807) is 0 Å². The van der Waals surface area contributed by atoms with E-state index in [0.717, 1.165) is 19.0 Å². The zero-order valence-corrected chi connectivity index (χ0v) is 14.5. The molecule has 0 bridgehead atoms. The highest BCUT2D eigenvalue weighted by molar-refractivity contribution is 9.10. The first-order chi connectivity index (χ1) is 9.65. The number of nitrogens with one attached hydrogen (secondary N) is 1. The van der Waals surface area contributed by atoms with Crippen LogP contribution in [0.5, 0.6) is 0 Å². The van der Waals surface area contributed by atoms with Crippen molar-refractivity contribution in [1.82, 2.24) is 5.32 Å². The predicted molar refractivity (Wildman–Crippen MR) is 91.5 cm³/mol. The fraction of sp³-hybridized carbons (Fsp3) is 0.647. The molecule has 1 saturated carbocycles. The largest absolute Gasteiger partial charge is 0.371 e. The van der Waals surface area contributed by atoms with Gasteiger partial charge < -0.3 is 10.2 Å². The zero-order valence-electron chi connectivity index (χ0n) is 13.0. The summed E-state index contributed by atoms with van der Waals surface area (Å²) in [4.78, 5) is 2.59. The number of benzene rings is 1. The molecule has 1 aromatic rings. The Morgan fingerprint density at radius 1 is 1.35 bits per heavy atom. The van der Waals surface area contributed by atoms with E-state index >= 15 is 0 Å². The first kappa shape index (κ1) is 15.8. The molecule has 1 fully saturated rings. The maximum atomic E-state index is 3.64. The molecular formula is C17H27BrN2. The molecule has 0 saturated heterocycles. The first-order valence-electron chi connectivity index (χ1n) is 7.93. The van der Waals surface area contributed by atoms with E-state index in [-0.39, 0.29) is 0 Å². The molecule has 0 amide bonds. The van der Waals surface area contributed by atoms with Crippen molar-refractivity contribution in [2.75, 3.05) is 24.5 Å². The third-order valence-corrected chi connectivity index (χ3v) is 4.47. The molecule has 0 radical (unpaired) electrons. The van der Waals surface area contributed by atoms with Gasteiger partial charge in [0, 0.05) is 29.3 Å². The van der Waals surface area contributed by atoms with Crippen molar-refractivity contribution in [3.8, 4) is 0 Å². The van der Waals surface area contributed by atoms with Gasteiger partial charge in [-0.3, -0.25) is 0 Å². The molecule has 1 aliphatic carbocycles. The molecule has 2 nitrogen and oxygen atoms in total. The van der Waals surface area contributed by atoms with Crippen molar-refractivity contribution in [3.05, 3.63) is 28.2 Å². The Bertz CT molecular complexity index is 429. The normalized spacial score (nSPS) is 16.2. The lowest BCUT2D eigenvalue weighted by molar-refractivity contribution is 0.593. The van der Waals surface area contributed by atoms with Gasteiger partial charge in [0.15, 0.2) is 0 Å². The molecule has 1 atom stereocenters. The third kappa shape index (κ3) is 4.23. The van der Waals surface area contributed by atoms with Crippen LogP contribution >= 0.6 is 15.9 Å². The number of halogens is 1. The van der Waals surface area contributed by atoms with Crippen LogP contribution in [0.15, 0.2) is 22.7 Å². The lowest BCUT2D eigenvalue weighted by Gasteiger charge is -2.29. The lowest BCUT2D eigenvalue weighted by atomic mass is 10.0. The van der Waals surface area contributed by atoms with Gasteiger partial charge in [-0.05, 0) is 56.3 Å². The van der Waals surface area contributed by atoms with Gasteiger partial charge in [-0.15, -0.1) is 0 Å². The standard InChI is InChI=1S/C17H27BrN2/c1-4-10-20(12-14-6-7-14)17-11-15(18)8-9-16(17)13(3)19-5-2/h8-9,11,13-14,19H,4-7,10,12H2,1-3H3. The van der Waals surface area contributed by atoms with Crippen LogP contribution in [0, 0.1) is 5.92 Å². The minimum absolute atomic E-state index is 0.404. The molecule has 1 aliphatic rings. The molecule has 0 aromatic heterocycles. The Morgan fingerprint density at radius 2 is 2.10 bits per heavy atom. The summed E-state index contributed by atoms with van der Waals surface area (Å²) in [5, 5.41) is 3.55. The average Bonchev–Trinajstić information content (AvgIpc) is 3.22. The topological polar surface area (TPSA) is 15.3 Å². The molecule has 0 spiro atoms. The maximum absolute atomic E-state index is 3.64. The van der Waals surface area contributed by atoms with Gasteiger partial charge in [0.2, 0.25) is 0 Å². The third-order valence-electron chi connectivity index (χ3n) is 3.98. The summed E-state index contributed by atoms with van der Waals surface area (Å²) in [5.74, 6) is 0.919. The summed E-state index contributed by atoms with van der Waals surface area (Å²) in [5.41, 5.74) is 2.82. The highest BCUT2D eigenvalue weighted by atomic mass is 79.9. The highest BCUT2D eigenvalue weighted by Crippen LogP contribution is 2.35. The van der Waals surface area contributed by atoms with E-state index in [9.17, 15) is 0 Å². The number of hydrogen-bond acceptors (Lipinski definition) is 2. The minimum atomic E-state index is 0.404. The number of nitrogens with zero attached hydrogens (tertiary/aromatic N) is 1. The fourth-order valence-electron chi connectivity index (χ4n) is 2.77. The van der Waals surface area contributed by atoms with Crippen molar-refractivity contribution in [2.45, 2.75) is 46.1 Å². The Balaban J connectivity index is 2.26. The van der Waals surface area contributed by atoms with Crippen LogP contribution in [0.2, 0.25) is 0 Å². The van der Waals surface area contributed by atoms with E-state index in [1.165, 1.54) is 41.5 Å². The molecule has 1 aromatic carbocycles. The van der Waals surface area contributed by atoms with Crippen LogP contribution in [0.25, 0.3) is 0 Å². The summed E-state index contributed by atoms with van der Waals surface area (Å²) in [6, 6.07) is 7.12. The van der Waals surface area contributed by atoms with E-state index in [1.807, 2.05) is 0 Å². The van der Waals surface area contributed by atoms with Crippen LogP contribution in [0.1, 0.15) is 51.6 Å². The Morgan fingerprint density at radius 3 is 2.70 bits per heavy atom. The smallest absolute Gasteiger partial charge is 0.0426 e. The van der Waals surface area contributed by atoms with Crippen molar-refractivity contribution in [1.29, 1.82) is 0 Å². The Hall–Kier alpha value is -0.540. The van der Waals surface area contributed by atoms with Crippen LogP contribution in [0.4, 0.5) is 5.69 Å². The van der Waals surface area contributed by atoms with E-state index in [2.05, 4.69) is 65.1 Å². The molecule has 1 unspecified atom stereocenters. The SMILES string of the molecule is CCCN(CC1CC1)c1cc(Br)ccc1C(C)NCC. The molecule has 2 rings (SSSR count). The van der Waals surface area contributed by atoms with Crippen molar-refractivity contribution in [3.63, 3.8) is 0 Å². The van der Waals surface area contributed by atoms with E-state index < -0.39 is 0 Å². The second kappa shape index (κ2) is 7.46. The molecule has 20 heavy (non-hydrogen) atoms. The van der Waals surface area contributed by atoms with E-state index in [0.29, 0.717) is 6.04 Å². The van der Waals surface area contributed by atoms with Gasteiger partial charge in [0.25, 0.3) is 0 Å². The molecule has 3 heteroatoms. The average molecular weight is 339 g/mol. The van der Waals surface area contributed by atoms with Gasteiger partial charge in [0.05, 0.1) is 0 Å². The molecule has 0 aliphatic heterocycles. The van der Waals surface area contributed by atoms with Gasteiger partial charge in [-0.1, -0.05) is 35.8 Å². The van der Waals surface area contributed by atoms with Crippen LogP contribution in [-0.4, -0.2) is 19.6 Å². The fourth-order valence-corrected chi connectivity index (χ4v) is 3.11. The first-order valence-corrected chi connectivity index (χ1v) is 8.72. The van der Waals surface area contributed by atoms with Crippen LogP contribution in [0.3, 0.4) is 0 Å². The Labute approximate surface area is 132 Å². The molecule has 0 heterocycles. The predicted octanol–water partition coefficient (Wildman–Crippen LogP) is 4.75. The summed E-state index contributed by atoms with van der Waals surface area (Å²) >= 11 is 3.64. The van der Waals surface area contributed by atoms with Gasteiger partial charge in [-0.25, -0.2) is 0 Å². The summed E-state index contributed by atoms with van der Waals surface area (Å²) in [6.07, 6.45) is 4.02. The summed E-state index contributed by atoms with van der Waals surface area (Å²) in [7, 11) is 0. The Kier molecular flexibility index (Phi) is 5.91. The van der Waals surface area contributed by atoms with Gasteiger partial charge >= 0.3 is 0 Å².